The summed E-state index contributed by atoms with van der Waals surface area (Å²) in [4.78, 5) is 5.53. The summed E-state index contributed by atoms with van der Waals surface area (Å²) in [5, 5.41) is 1.00. The van der Waals surface area contributed by atoms with Gasteiger partial charge in [0.15, 0.2) is 0 Å². The van der Waals surface area contributed by atoms with Crippen molar-refractivity contribution < 1.29 is 4.39 Å². The van der Waals surface area contributed by atoms with Crippen molar-refractivity contribution in [2.24, 2.45) is 0 Å². The molecule has 0 spiro atoms. The fraction of sp³-hybridized carbons (Fsp3) is 0.333. The van der Waals surface area contributed by atoms with Gasteiger partial charge in [-0.15, -0.1) is 0 Å². The number of likely N-dealkylation sites (N-methyl/N-ethyl adjacent to an activating group) is 1. The zero-order valence-electron chi connectivity index (χ0n) is 10.5. The van der Waals surface area contributed by atoms with Crippen molar-refractivity contribution in [3.05, 3.63) is 47.4 Å². The lowest BCUT2D eigenvalue weighted by Crippen LogP contribution is -2.26. The van der Waals surface area contributed by atoms with Gasteiger partial charge in [-0.1, -0.05) is 11.6 Å². The Hall–Kier alpha value is -1.61. The summed E-state index contributed by atoms with van der Waals surface area (Å²) in [7, 11) is 2.14. The van der Waals surface area contributed by atoms with E-state index in [1.165, 1.54) is 17.2 Å². The topological polar surface area (TPSA) is 19.0 Å². The molecule has 0 saturated carbocycles. The first-order chi connectivity index (χ1) is 8.72. The number of hydrogen-bond acceptors (Lipinski definition) is 1. The Morgan fingerprint density at radius 1 is 1.39 bits per heavy atom. The Bertz CT molecular complexity index is 598. The fourth-order valence-corrected chi connectivity index (χ4v) is 2.65. The molecule has 0 aliphatic carbocycles. The molecule has 2 aromatic rings. The monoisotopic (exact) mass is 244 g/mol. The van der Waals surface area contributed by atoms with Crippen LogP contribution in [0.5, 0.6) is 0 Å². The normalized spacial score (nSPS) is 17.1. The Morgan fingerprint density at radius 3 is 3.11 bits per heavy atom. The lowest BCUT2D eigenvalue weighted by Gasteiger charge is -2.22. The van der Waals surface area contributed by atoms with Crippen LogP contribution in [0.2, 0.25) is 0 Å². The average Bonchev–Trinajstić information content (AvgIpc) is 2.72. The molecule has 1 aliphatic rings. The molecule has 1 N–H and O–H groups in total. The number of rotatable bonds is 2. The van der Waals surface area contributed by atoms with Crippen molar-refractivity contribution in [1.82, 2.24) is 9.88 Å². The summed E-state index contributed by atoms with van der Waals surface area (Å²) in [6.07, 6.45) is 6.34. The van der Waals surface area contributed by atoms with Crippen LogP contribution >= 0.6 is 0 Å². The lowest BCUT2D eigenvalue weighted by atomic mass is 10.0. The second kappa shape index (κ2) is 4.58. The van der Waals surface area contributed by atoms with E-state index in [0.29, 0.717) is 0 Å². The van der Waals surface area contributed by atoms with Crippen molar-refractivity contribution >= 4 is 10.9 Å². The van der Waals surface area contributed by atoms with E-state index in [1.54, 1.807) is 12.1 Å². The average molecular weight is 244 g/mol. The van der Waals surface area contributed by atoms with Crippen LogP contribution < -0.4 is 0 Å². The molecule has 3 heteroatoms. The molecule has 0 saturated heterocycles. The van der Waals surface area contributed by atoms with Gasteiger partial charge in [0.05, 0.1) is 0 Å². The first-order valence-corrected chi connectivity index (χ1v) is 6.34. The van der Waals surface area contributed by atoms with E-state index in [2.05, 4.69) is 23.0 Å². The number of benzene rings is 1. The van der Waals surface area contributed by atoms with Crippen molar-refractivity contribution in [1.29, 1.82) is 0 Å². The summed E-state index contributed by atoms with van der Waals surface area (Å²) in [6.45, 7) is 2.15. The molecule has 18 heavy (non-hydrogen) atoms. The van der Waals surface area contributed by atoms with Crippen LogP contribution in [-0.4, -0.2) is 30.0 Å². The van der Waals surface area contributed by atoms with Gasteiger partial charge in [-0.3, -0.25) is 0 Å². The molecule has 0 bridgehead atoms. The first-order valence-electron chi connectivity index (χ1n) is 6.34. The molecule has 2 heterocycles. The van der Waals surface area contributed by atoms with Crippen molar-refractivity contribution in [3.63, 3.8) is 0 Å². The molecule has 2 nitrogen and oxygen atoms in total. The summed E-state index contributed by atoms with van der Waals surface area (Å²) in [6, 6.07) is 4.92. The lowest BCUT2D eigenvalue weighted by molar-refractivity contribution is 0.352. The highest BCUT2D eigenvalue weighted by Crippen LogP contribution is 2.23. The number of hydrogen-bond donors (Lipinski definition) is 1. The zero-order chi connectivity index (χ0) is 12.5. The predicted molar refractivity (Wildman–Crippen MR) is 72.2 cm³/mol. The highest BCUT2D eigenvalue weighted by atomic mass is 19.1. The van der Waals surface area contributed by atoms with Gasteiger partial charge >= 0.3 is 0 Å². The molecule has 0 amide bonds. The highest BCUT2D eigenvalue weighted by molar-refractivity contribution is 5.83. The Morgan fingerprint density at radius 2 is 2.28 bits per heavy atom. The van der Waals surface area contributed by atoms with Crippen molar-refractivity contribution in [2.45, 2.75) is 12.8 Å². The summed E-state index contributed by atoms with van der Waals surface area (Å²) < 4.78 is 13.3. The molecule has 0 unspecified atom stereocenters. The van der Waals surface area contributed by atoms with Gasteiger partial charge in [0.1, 0.15) is 5.82 Å². The van der Waals surface area contributed by atoms with E-state index < -0.39 is 0 Å². The molecule has 3 rings (SSSR count). The molecule has 1 aromatic heterocycles. The molecular formula is C15H17FN2. The van der Waals surface area contributed by atoms with E-state index in [1.807, 2.05) is 6.20 Å². The maximum Gasteiger partial charge on any atom is 0.123 e. The van der Waals surface area contributed by atoms with E-state index in [4.69, 9.17) is 0 Å². The molecule has 94 valence electrons. The Labute approximate surface area is 106 Å². The maximum absolute atomic E-state index is 13.3. The minimum absolute atomic E-state index is 0.168. The van der Waals surface area contributed by atoms with Crippen LogP contribution in [0.1, 0.15) is 12.0 Å². The fourth-order valence-electron chi connectivity index (χ4n) is 2.65. The number of H-pyrrole nitrogens is 1. The smallest absolute Gasteiger partial charge is 0.123 e. The summed E-state index contributed by atoms with van der Waals surface area (Å²) in [5.74, 6) is -0.168. The highest BCUT2D eigenvalue weighted by Gasteiger charge is 2.11. The number of aromatic amines is 1. The third-order valence-corrected chi connectivity index (χ3v) is 3.56. The van der Waals surface area contributed by atoms with E-state index >= 15 is 0 Å². The van der Waals surface area contributed by atoms with Gasteiger partial charge in [-0.2, -0.15) is 0 Å². The van der Waals surface area contributed by atoms with Crippen LogP contribution in [0.15, 0.2) is 36.0 Å². The van der Waals surface area contributed by atoms with Crippen LogP contribution in [-0.2, 0) is 6.42 Å². The molecule has 0 fully saturated rings. The number of nitrogens with one attached hydrogen (secondary N) is 1. The van der Waals surface area contributed by atoms with Crippen LogP contribution in [0.25, 0.3) is 10.9 Å². The summed E-state index contributed by atoms with van der Waals surface area (Å²) >= 11 is 0. The minimum atomic E-state index is -0.168. The zero-order valence-corrected chi connectivity index (χ0v) is 10.5. The van der Waals surface area contributed by atoms with Crippen LogP contribution in [0.3, 0.4) is 0 Å². The van der Waals surface area contributed by atoms with E-state index in [9.17, 15) is 4.39 Å². The SMILES string of the molecule is CN1CCC=C(Cc2c[nH]c3ccc(F)cc23)C1. The number of aromatic nitrogens is 1. The standard InChI is InChI=1S/C15H17FN2/c1-18-6-2-3-11(10-18)7-12-9-17-15-5-4-13(16)8-14(12)15/h3-5,8-9,17H,2,6-7,10H2,1H3. The minimum Gasteiger partial charge on any atom is -0.361 e. The molecule has 1 aliphatic heterocycles. The van der Waals surface area contributed by atoms with Gasteiger partial charge in [-0.25, -0.2) is 4.39 Å². The quantitative estimate of drug-likeness (QED) is 0.804. The first kappa shape index (κ1) is 11.5. The van der Waals surface area contributed by atoms with E-state index in [-0.39, 0.29) is 5.82 Å². The van der Waals surface area contributed by atoms with Crippen LogP contribution in [0.4, 0.5) is 4.39 Å². The van der Waals surface area contributed by atoms with Gasteiger partial charge in [0.25, 0.3) is 0 Å². The molecule has 0 radical (unpaired) electrons. The number of halogens is 1. The van der Waals surface area contributed by atoms with Gasteiger partial charge in [0, 0.05) is 30.2 Å². The molecule has 0 atom stereocenters. The third kappa shape index (κ3) is 2.18. The number of fused-ring (bicyclic) bond motifs is 1. The third-order valence-electron chi connectivity index (χ3n) is 3.56. The van der Waals surface area contributed by atoms with Gasteiger partial charge < -0.3 is 9.88 Å². The van der Waals surface area contributed by atoms with Crippen molar-refractivity contribution in [3.8, 4) is 0 Å². The largest absolute Gasteiger partial charge is 0.361 e. The predicted octanol–water partition coefficient (Wildman–Crippen LogP) is 3.11. The Kier molecular flexibility index (Phi) is 2.92. The van der Waals surface area contributed by atoms with Gasteiger partial charge in [-0.05, 0) is 43.7 Å². The second-order valence-corrected chi connectivity index (χ2v) is 5.07. The van der Waals surface area contributed by atoms with E-state index in [0.717, 1.165) is 36.8 Å². The number of nitrogens with zero attached hydrogens (tertiary/aromatic N) is 1. The molecular weight excluding hydrogens is 227 g/mol. The maximum atomic E-state index is 13.3. The van der Waals surface area contributed by atoms with Crippen LogP contribution in [0, 0.1) is 5.82 Å². The van der Waals surface area contributed by atoms with Gasteiger partial charge in [0.2, 0.25) is 0 Å². The summed E-state index contributed by atoms with van der Waals surface area (Å²) in [5.41, 5.74) is 3.62. The van der Waals surface area contributed by atoms with Crippen molar-refractivity contribution in [2.75, 3.05) is 20.1 Å². The Balaban J connectivity index is 1.90. The second-order valence-electron chi connectivity index (χ2n) is 5.07. The molecule has 1 aromatic carbocycles.